The Labute approximate surface area is 189 Å². The van der Waals surface area contributed by atoms with Crippen LogP contribution in [0.1, 0.15) is 72.3 Å². The summed E-state index contributed by atoms with van der Waals surface area (Å²) in [5.74, 6) is 0.352. The van der Waals surface area contributed by atoms with Crippen molar-refractivity contribution in [1.82, 2.24) is 4.98 Å². The minimum atomic E-state index is 0.352. The molecule has 0 atom stereocenters. The van der Waals surface area contributed by atoms with E-state index < -0.39 is 0 Å². The highest BCUT2D eigenvalue weighted by molar-refractivity contribution is 6.06. The number of hydrogen-bond acceptors (Lipinski definition) is 1. The van der Waals surface area contributed by atoms with Crippen LogP contribution in [0.5, 0.6) is 5.75 Å². The van der Waals surface area contributed by atoms with E-state index in [9.17, 15) is 0 Å². The Morgan fingerprint density at radius 1 is 0.613 bits per heavy atom. The molecule has 0 spiro atoms. The van der Waals surface area contributed by atoms with E-state index in [0.29, 0.717) is 5.75 Å². The lowest BCUT2D eigenvalue weighted by Crippen LogP contribution is -1.82. The van der Waals surface area contributed by atoms with Gasteiger partial charge in [-0.05, 0) is 42.7 Å². The second kappa shape index (κ2) is 16.0. The maximum Gasteiger partial charge on any atom is 0.115 e. The highest BCUT2D eigenvalue weighted by Gasteiger charge is 2.00. The summed E-state index contributed by atoms with van der Waals surface area (Å²) in [5.41, 5.74) is 3.73. The number of nitrogens with one attached hydrogen (secondary N) is 1. The summed E-state index contributed by atoms with van der Waals surface area (Å²) in [7, 11) is 0. The molecule has 0 radical (unpaired) electrons. The standard InChI is InChI=1S/C12H9N.C10H14O.C5H12.C2H6/c1-3-7-11-9(5-1)10-6-2-4-8-12(10)13-11;1-2-3-4-9-5-7-10(11)8-6-9;1-3-5-4-2;1-2/h1-8,13H;5-8,11H,2-4H2,1H3;3-5H2,1-2H3;1-2H3. The maximum absolute atomic E-state index is 8.98. The molecule has 3 aromatic carbocycles. The third-order valence-corrected chi connectivity index (χ3v) is 4.88. The Balaban J connectivity index is 0.000000244. The minimum Gasteiger partial charge on any atom is -0.508 e. The number of fused-ring (bicyclic) bond motifs is 3. The number of aryl methyl sites for hydroxylation is 1. The number of unbranched alkanes of at least 4 members (excludes halogenated alkanes) is 3. The van der Waals surface area contributed by atoms with Crippen LogP contribution < -0.4 is 0 Å². The highest BCUT2D eigenvalue weighted by atomic mass is 16.3. The summed E-state index contributed by atoms with van der Waals surface area (Å²) in [4.78, 5) is 3.38. The predicted octanol–water partition coefficient (Wildman–Crippen LogP) is 9.28. The monoisotopic (exact) mass is 419 g/mol. The number of benzene rings is 3. The number of H-pyrrole nitrogens is 1. The summed E-state index contributed by atoms with van der Waals surface area (Å²) in [6.07, 6.45) is 7.65. The SMILES string of the molecule is CC.CCCCC.CCCCc1ccc(O)cc1.c1ccc2c(c1)[nH]c1ccccc12. The smallest absolute Gasteiger partial charge is 0.115 e. The molecule has 0 aliphatic carbocycles. The van der Waals surface area contributed by atoms with Crippen molar-refractivity contribution in [3.63, 3.8) is 0 Å². The Morgan fingerprint density at radius 3 is 1.48 bits per heavy atom. The average Bonchev–Trinajstić information content (AvgIpc) is 3.20. The fraction of sp³-hybridized carbons (Fsp3) is 0.379. The summed E-state index contributed by atoms with van der Waals surface area (Å²) in [6, 6.07) is 24.2. The van der Waals surface area contributed by atoms with Crippen LogP contribution in [0.3, 0.4) is 0 Å². The first-order valence-corrected chi connectivity index (χ1v) is 11.9. The molecule has 1 heterocycles. The quantitative estimate of drug-likeness (QED) is 0.332. The van der Waals surface area contributed by atoms with Gasteiger partial charge in [-0.3, -0.25) is 0 Å². The van der Waals surface area contributed by atoms with Crippen LogP contribution >= 0.6 is 0 Å². The van der Waals surface area contributed by atoms with Crippen molar-refractivity contribution in [1.29, 1.82) is 0 Å². The van der Waals surface area contributed by atoms with Gasteiger partial charge in [0.15, 0.2) is 0 Å². The van der Waals surface area contributed by atoms with Crippen LogP contribution in [0.2, 0.25) is 0 Å². The van der Waals surface area contributed by atoms with Crippen LogP contribution in [0, 0.1) is 0 Å². The van der Waals surface area contributed by atoms with Crippen LogP contribution in [0.15, 0.2) is 72.8 Å². The Bertz CT molecular complexity index is 901. The second-order valence-electron chi connectivity index (χ2n) is 7.34. The third-order valence-electron chi connectivity index (χ3n) is 4.88. The number of phenolic OH excluding ortho intramolecular Hbond substituents is 1. The van der Waals surface area contributed by atoms with Gasteiger partial charge in [-0.15, -0.1) is 0 Å². The molecule has 2 nitrogen and oxygen atoms in total. The Morgan fingerprint density at radius 2 is 1.06 bits per heavy atom. The van der Waals surface area contributed by atoms with Gasteiger partial charge in [0.25, 0.3) is 0 Å². The van der Waals surface area contributed by atoms with E-state index in [1.807, 2.05) is 26.0 Å². The molecule has 1 aromatic heterocycles. The summed E-state index contributed by atoms with van der Waals surface area (Å²) in [5, 5.41) is 11.6. The normalized spacial score (nSPS) is 9.71. The second-order valence-corrected chi connectivity index (χ2v) is 7.34. The van der Waals surface area contributed by atoms with Crippen LogP contribution in [-0.2, 0) is 6.42 Å². The van der Waals surface area contributed by atoms with Crippen molar-refractivity contribution in [2.24, 2.45) is 0 Å². The minimum absolute atomic E-state index is 0.352. The van der Waals surface area contributed by atoms with E-state index in [0.717, 1.165) is 6.42 Å². The number of aromatic nitrogens is 1. The topological polar surface area (TPSA) is 36.0 Å². The zero-order chi connectivity index (χ0) is 22.9. The molecule has 4 rings (SSSR count). The third kappa shape index (κ3) is 9.29. The molecule has 168 valence electrons. The molecule has 0 aliphatic heterocycles. The fourth-order valence-corrected chi connectivity index (χ4v) is 3.20. The molecule has 2 heteroatoms. The number of para-hydroxylation sites is 2. The largest absolute Gasteiger partial charge is 0.508 e. The van der Waals surface area contributed by atoms with Crippen molar-refractivity contribution >= 4 is 21.8 Å². The molecular formula is C29H41NO. The first kappa shape index (κ1) is 26.3. The van der Waals surface area contributed by atoms with E-state index in [2.05, 4.69) is 74.3 Å². The van der Waals surface area contributed by atoms with E-state index in [4.69, 9.17) is 5.11 Å². The highest BCUT2D eigenvalue weighted by Crippen LogP contribution is 2.24. The predicted molar refractivity (Wildman–Crippen MR) is 139 cm³/mol. The zero-order valence-corrected chi connectivity index (χ0v) is 20.1. The molecule has 0 saturated heterocycles. The summed E-state index contributed by atoms with van der Waals surface area (Å²) >= 11 is 0. The van der Waals surface area contributed by atoms with E-state index in [1.165, 1.54) is 59.5 Å². The van der Waals surface area contributed by atoms with E-state index in [1.54, 1.807) is 12.1 Å². The fourth-order valence-electron chi connectivity index (χ4n) is 3.20. The molecule has 0 amide bonds. The molecule has 0 aliphatic rings. The van der Waals surface area contributed by atoms with Gasteiger partial charge in [-0.1, -0.05) is 109 Å². The molecule has 0 unspecified atom stereocenters. The Kier molecular flexibility index (Phi) is 13.6. The molecular weight excluding hydrogens is 378 g/mol. The number of aromatic hydroxyl groups is 1. The maximum atomic E-state index is 8.98. The van der Waals surface area contributed by atoms with Crippen LogP contribution in [-0.4, -0.2) is 10.1 Å². The number of hydrogen-bond donors (Lipinski definition) is 2. The molecule has 0 bridgehead atoms. The van der Waals surface area contributed by atoms with Gasteiger partial charge in [-0.25, -0.2) is 0 Å². The van der Waals surface area contributed by atoms with Gasteiger partial charge < -0.3 is 10.1 Å². The van der Waals surface area contributed by atoms with Crippen LogP contribution in [0.25, 0.3) is 21.8 Å². The van der Waals surface area contributed by atoms with Gasteiger partial charge >= 0.3 is 0 Å². The van der Waals surface area contributed by atoms with Gasteiger partial charge in [0, 0.05) is 21.8 Å². The van der Waals surface area contributed by atoms with Gasteiger partial charge in [0.1, 0.15) is 5.75 Å². The molecule has 0 fully saturated rings. The van der Waals surface area contributed by atoms with Gasteiger partial charge in [-0.2, -0.15) is 0 Å². The van der Waals surface area contributed by atoms with Crippen LogP contribution in [0.4, 0.5) is 0 Å². The summed E-state index contributed by atoms with van der Waals surface area (Å²) in [6.45, 7) is 10.6. The van der Waals surface area contributed by atoms with Gasteiger partial charge in [0.05, 0.1) is 0 Å². The molecule has 31 heavy (non-hydrogen) atoms. The number of aromatic amines is 1. The zero-order valence-electron chi connectivity index (χ0n) is 20.1. The molecule has 4 aromatic rings. The van der Waals surface area contributed by atoms with Crippen molar-refractivity contribution < 1.29 is 5.11 Å². The van der Waals surface area contributed by atoms with Crippen molar-refractivity contribution in [3.05, 3.63) is 78.4 Å². The Hall–Kier alpha value is -2.74. The first-order valence-electron chi connectivity index (χ1n) is 11.9. The summed E-state index contributed by atoms with van der Waals surface area (Å²) < 4.78 is 0. The lowest BCUT2D eigenvalue weighted by atomic mass is 10.1. The number of phenols is 1. The van der Waals surface area contributed by atoms with Crippen molar-refractivity contribution in [2.45, 2.75) is 73.1 Å². The average molecular weight is 420 g/mol. The lowest BCUT2D eigenvalue weighted by molar-refractivity contribution is 0.475. The van der Waals surface area contributed by atoms with Crippen molar-refractivity contribution in [2.75, 3.05) is 0 Å². The first-order chi connectivity index (χ1) is 15.2. The number of rotatable bonds is 5. The lowest BCUT2D eigenvalue weighted by Gasteiger charge is -1.98. The molecule has 0 saturated carbocycles. The van der Waals surface area contributed by atoms with Gasteiger partial charge in [0.2, 0.25) is 0 Å². The molecule has 2 N–H and O–H groups in total. The van der Waals surface area contributed by atoms with E-state index in [-0.39, 0.29) is 0 Å². The van der Waals surface area contributed by atoms with E-state index >= 15 is 0 Å². The van der Waals surface area contributed by atoms with Crippen molar-refractivity contribution in [3.8, 4) is 5.75 Å².